The van der Waals surface area contributed by atoms with Crippen LogP contribution in [0.1, 0.15) is 68.9 Å². The average molecular weight is 372 g/mol. The number of nitrogens with one attached hydrogen (secondary N) is 2. The number of quaternary nitrogens is 2. The van der Waals surface area contributed by atoms with Gasteiger partial charge in [0.2, 0.25) is 5.82 Å². The highest BCUT2D eigenvalue weighted by molar-refractivity contribution is 5.07. The summed E-state index contributed by atoms with van der Waals surface area (Å²) in [6.07, 6.45) is 11.3. The molecular formula is C20H33N7+2. The highest BCUT2D eigenvalue weighted by Crippen LogP contribution is 2.29. The van der Waals surface area contributed by atoms with Crippen LogP contribution in [0.25, 0.3) is 0 Å². The van der Waals surface area contributed by atoms with E-state index in [9.17, 15) is 0 Å². The second-order valence-corrected chi connectivity index (χ2v) is 8.17. The first-order valence-corrected chi connectivity index (χ1v) is 10.7. The molecule has 2 fully saturated rings. The normalized spacial score (nSPS) is 25.4. The Bertz CT molecular complexity index is 687. The zero-order valence-electron chi connectivity index (χ0n) is 16.5. The van der Waals surface area contributed by atoms with E-state index in [4.69, 9.17) is 0 Å². The Morgan fingerprint density at radius 3 is 2.52 bits per heavy atom. The van der Waals surface area contributed by atoms with Crippen LogP contribution >= 0.6 is 0 Å². The molecule has 4 rings (SSSR count). The van der Waals surface area contributed by atoms with Crippen molar-refractivity contribution in [2.75, 3.05) is 26.2 Å². The third-order valence-electron chi connectivity index (χ3n) is 6.45. The van der Waals surface area contributed by atoms with E-state index in [0.29, 0.717) is 12.1 Å². The van der Waals surface area contributed by atoms with Crippen LogP contribution in [0.4, 0.5) is 0 Å². The van der Waals surface area contributed by atoms with E-state index in [1.165, 1.54) is 63.8 Å². The second kappa shape index (κ2) is 8.89. The van der Waals surface area contributed by atoms with Crippen molar-refractivity contribution in [1.29, 1.82) is 0 Å². The van der Waals surface area contributed by atoms with E-state index < -0.39 is 0 Å². The molecular weight excluding hydrogens is 338 g/mol. The Morgan fingerprint density at radius 2 is 1.81 bits per heavy atom. The Labute approximate surface area is 161 Å². The van der Waals surface area contributed by atoms with Gasteiger partial charge in [0.25, 0.3) is 0 Å². The molecule has 7 heteroatoms. The Kier molecular flexibility index (Phi) is 6.09. The molecule has 2 N–H and O–H groups in total. The second-order valence-electron chi connectivity index (χ2n) is 8.17. The topological polar surface area (TPSA) is 65.4 Å². The molecule has 1 aliphatic heterocycles. The van der Waals surface area contributed by atoms with Crippen LogP contribution in [0.3, 0.4) is 0 Å². The van der Waals surface area contributed by atoms with Gasteiger partial charge in [-0.1, -0.05) is 26.2 Å². The fourth-order valence-corrected chi connectivity index (χ4v) is 4.91. The molecule has 146 valence electrons. The van der Waals surface area contributed by atoms with E-state index in [0.717, 1.165) is 18.8 Å². The monoisotopic (exact) mass is 371 g/mol. The van der Waals surface area contributed by atoms with Gasteiger partial charge in [-0.25, -0.2) is 4.68 Å². The quantitative estimate of drug-likeness (QED) is 0.751. The maximum Gasteiger partial charge on any atom is 0.209 e. The van der Waals surface area contributed by atoms with Gasteiger partial charge in [0.1, 0.15) is 38.8 Å². The summed E-state index contributed by atoms with van der Waals surface area (Å²) in [5.41, 5.74) is 1.39. The third kappa shape index (κ3) is 4.35. The molecule has 0 unspecified atom stereocenters. The minimum atomic E-state index is 0.421. The number of hydrogen-bond acceptors (Lipinski definition) is 4. The zero-order valence-corrected chi connectivity index (χ0v) is 16.5. The van der Waals surface area contributed by atoms with Crippen LogP contribution in [0.5, 0.6) is 0 Å². The largest absolute Gasteiger partial charge is 0.322 e. The molecule has 3 heterocycles. The molecule has 1 saturated heterocycles. The molecule has 0 amide bonds. The number of piperazine rings is 1. The van der Waals surface area contributed by atoms with Crippen LogP contribution < -0.4 is 9.80 Å². The average Bonchev–Trinajstić information content (AvgIpc) is 3.21. The smallest absolute Gasteiger partial charge is 0.209 e. The maximum atomic E-state index is 4.49. The first-order valence-electron chi connectivity index (χ1n) is 10.7. The molecule has 1 saturated carbocycles. The van der Waals surface area contributed by atoms with Crippen molar-refractivity contribution in [3.8, 4) is 0 Å². The summed E-state index contributed by atoms with van der Waals surface area (Å²) >= 11 is 0. The first-order chi connectivity index (χ1) is 13.3. The Balaban J connectivity index is 1.39. The fraction of sp³-hybridized carbons (Fsp3) is 0.700. The van der Waals surface area contributed by atoms with Crippen molar-refractivity contribution in [3.05, 3.63) is 35.9 Å². The first kappa shape index (κ1) is 18.5. The van der Waals surface area contributed by atoms with Gasteiger partial charge < -0.3 is 9.80 Å². The van der Waals surface area contributed by atoms with Gasteiger partial charge in [-0.15, -0.1) is 5.10 Å². The maximum absolute atomic E-state index is 4.49. The van der Waals surface area contributed by atoms with E-state index >= 15 is 0 Å². The lowest BCUT2D eigenvalue weighted by Crippen LogP contribution is -3.27. The van der Waals surface area contributed by atoms with Crippen molar-refractivity contribution in [3.63, 3.8) is 0 Å². The number of hydrogen-bond donors (Lipinski definition) is 2. The molecule has 0 aromatic carbocycles. The van der Waals surface area contributed by atoms with E-state index in [1.807, 2.05) is 12.4 Å². The molecule has 0 radical (unpaired) electrons. The highest BCUT2D eigenvalue weighted by atomic mass is 15.6. The number of aromatic nitrogens is 5. The van der Waals surface area contributed by atoms with Crippen LogP contribution in [0.2, 0.25) is 0 Å². The fourth-order valence-electron chi connectivity index (χ4n) is 4.91. The molecule has 0 bridgehead atoms. The van der Waals surface area contributed by atoms with Crippen LogP contribution in [-0.2, 0) is 6.54 Å². The molecule has 2 aromatic rings. The van der Waals surface area contributed by atoms with Crippen molar-refractivity contribution in [1.82, 2.24) is 25.2 Å². The molecule has 2 aromatic heterocycles. The molecule has 27 heavy (non-hydrogen) atoms. The summed E-state index contributed by atoms with van der Waals surface area (Å²) in [7, 11) is 0. The molecule has 2 aliphatic rings. The summed E-state index contributed by atoms with van der Waals surface area (Å²) in [5.74, 6) is 1.12. The van der Waals surface area contributed by atoms with Crippen molar-refractivity contribution >= 4 is 0 Å². The number of tetrazole rings is 1. The van der Waals surface area contributed by atoms with Crippen LogP contribution in [0, 0.1) is 0 Å². The van der Waals surface area contributed by atoms with Gasteiger partial charge in [0, 0.05) is 24.4 Å². The van der Waals surface area contributed by atoms with Gasteiger partial charge >= 0.3 is 0 Å². The lowest BCUT2D eigenvalue weighted by molar-refractivity contribution is -1.03. The van der Waals surface area contributed by atoms with Gasteiger partial charge in [-0.05, 0) is 35.4 Å². The van der Waals surface area contributed by atoms with Gasteiger partial charge in [0.05, 0.1) is 6.04 Å². The van der Waals surface area contributed by atoms with E-state index in [1.54, 1.807) is 9.80 Å². The summed E-state index contributed by atoms with van der Waals surface area (Å²) < 4.78 is 2.18. The Morgan fingerprint density at radius 1 is 1.07 bits per heavy atom. The van der Waals surface area contributed by atoms with E-state index in [2.05, 4.69) is 44.2 Å². The summed E-state index contributed by atoms with van der Waals surface area (Å²) in [6, 6.07) is 5.21. The van der Waals surface area contributed by atoms with Gasteiger partial charge in [-0.2, -0.15) is 0 Å². The molecule has 1 atom stereocenters. The molecule has 7 nitrogen and oxygen atoms in total. The summed E-state index contributed by atoms with van der Waals surface area (Å²) in [5, 5.41) is 13.0. The van der Waals surface area contributed by atoms with Gasteiger partial charge in [0.15, 0.2) is 0 Å². The number of nitrogens with zero attached hydrogens (tertiary/aromatic N) is 5. The predicted molar refractivity (Wildman–Crippen MR) is 102 cm³/mol. The van der Waals surface area contributed by atoms with Crippen molar-refractivity contribution in [2.24, 2.45) is 0 Å². The van der Waals surface area contributed by atoms with Crippen LogP contribution in [0.15, 0.2) is 24.5 Å². The molecule has 0 spiro atoms. The lowest BCUT2D eigenvalue weighted by Gasteiger charge is -2.34. The summed E-state index contributed by atoms with van der Waals surface area (Å²) in [4.78, 5) is 7.45. The number of rotatable bonds is 6. The van der Waals surface area contributed by atoms with Crippen molar-refractivity contribution in [2.45, 2.75) is 64.1 Å². The zero-order chi connectivity index (χ0) is 18.5. The van der Waals surface area contributed by atoms with Crippen molar-refractivity contribution < 1.29 is 9.80 Å². The standard InChI is InChI=1S/C20H31N7/c1-2-19(20-22-23-24-27(20)18-6-4-3-5-7-18)26-14-12-25(13-15-26)16-17-8-10-21-11-9-17/h8-11,18-19H,2-7,12-16H2,1H3/p+2/t19-/m1/s1. The minimum absolute atomic E-state index is 0.421. The van der Waals surface area contributed by atoms with E-state index in [-0.39, 0.29) is 0 Å². The molecule has 1 aliphatic carbocycles. The summed E-state index contributed by atoms with van der Waals surface area (Å²) in [6.45, 7) is 8.19. The number of pyridine rings is 1. The predicted octanol–water partition coefficient (Wildman–Crippen LogP) is 0.00800. The minimum Gasteiger partial charge on any atom is -0.322 e. The Hall–Kier alpha value is -1.86. The SMILES string of the molecule is CC[C@H](c1nnnn1C1CCCCC1)[NH+]1CC[NH+](Cc2ccncc2)CC1. The van der Waals surface area contributed by atoms with Crippen LogP contribution in [-0.4, -0.2) is 51.4 Å². The van der Waals surface area contributed by atoms with Gasteiger partial charge in [-0.3, -0.25) is 4.98 Å². The lowest BCUT2D eigenvalue weighted by atomic mass is 9.95. The third-order valence-corrected chi connectivity index (χ3v) is 6.45. The highest BCUT2D eigenvalue weighted by Gasteiger charge is 2.34.